The van der Waals surface area contributed by atoms with Gasteiger partial charge in [0.25, 0.3) is 0 Å². The largest absolute Gasteiger partial charge is 0.409 e. The summed E-state index contributed by atoms with van der Waals surface area (Å²) in [5, 5.41) is 11.7. The molecule has 0 amide bonds. The minimum Gasteiger partial charge on any atom is -0.409 e. The van der Waals surface area contributed by atoms with Crippen molar-refractivity contribution >= 4 is 11.8 Å². The summed E-state index contributed by atoms with van der Waals surface area (Å²) in [4.78, 5) is 10.7. The molecule has 7 nitrogen and oxygen atoms in total. The third-order valence-corrected chi connectivity index (χ3v) is 3.34. The van der Waals surface area contributed by atoms with E-state index < -0.39 is 0 Å². The van der Waals surface area contributed by atoms with E-state index in [1.807, 2.05) is 18.9 Å². The summed E-state index contributed by atoms with van der Waals surface area (Å²) >= 11 is 0. The van der Waals surface area contributed by atoms with Crippen LogP contribution < -0.4 is 10.6 Å². The SMILES string of the molecule is Cc1cc(/C(N)=N/O)nc(N(C)CC2CCCOC2)n1. The van der Waals surface area contributed by atoms with Crippen molar-refractivity contribution in [1.82, 2.24) is 9.97 Å². The predicted octanol–water partition coefficient (Wildman–Crippen LogP) is 0.742. The van der Waals surface area contributed by atoms with E-state index in [9.17, 15) is 0 Å². The Morgan fingerprint density at radius 3 is 3.05 bits per heavy atom. The number of hydrogen-bond donors (Lipinski definition) is 2. The fourth-order valence-corrected chi connectivity index (χ4v) is 2.33. The summed E-state index contributed by atoms with van der Waals surface area (Å²) in [6.45, 7) is 4.33. The van der Waals surface area contributed by atoms with Crippen molar-refractivity contribution in [3.05, 3.63) is 17.5 Å². The summed E-state index contributed by atoms with van der Waals surface area (Å²) in [7, 11) is 1.94. The second-order valence-electron chi connectivity index (χ2n) is 5.14. The maximum Gasteiger partial charge on any atom is 0.225 e. The Morgan fingerprint density at radius 1 is 1.60 bits per heavy atom. The molecule has 0 aliphatic carbocycles. The zero-order valence-electron chi connectivity index (χ0n) is 11.9. The molecule has 20 heavy (non-hydrogen) atoms. The molecule has 1 unspecified atom stereocenters. The smallest absolute Gasteiger partial charge is 0.225 e. The molecular formula is C13H21N5O2. The molecular weight excluding hydrogens is 258 g/mol. The predicted molar refractivity (Wildman–Crippen MR) is 76.1 cm³/mol. The van der Waals surface area contributed by atoms with Gasteiger partial charge in [0.05, 0.1) is 6.61 Å². The third kappa shape index (κ3) is 3.57. The summed E-state index contributed by atoms with van der Waals surface area (Å²) < 4.78 is 5.48. The van der Waals surface area contributed by atoms with Crippen LogP contribution in [-0.4, -0.2) is 47.8 Å². The van der Waals surface area contributed by atoms with E-state index in [0.717, 1.165) is 38.3 Å². The van der Waals surface area contributed by atoms with Gasteiger partial charge < -0.3 is 20.6 Å². The van der Waals surface area contributed by atoms with Gasteiger partial charge in [-0.15, -0.1) is 0 Å². The summed E-state index contributed by atoms with van der Waals surface area (Å²) in [6, 6.07) is 1.69. The van der Waals surface area contributed by atoms with Crippen LogP contribution in [0.15, 0.2) is 11.2 Å². The number of anilines is 1. The molecule has 7 heteroatoms. The van der Waals surface area contributed by atoms with Gasteiger partial charge >= 0.3 is 0 Å². The third-order valence-electron chi connectivity index (χ3n) is 3.34. The van der Waals surface area contributed by atoms with Crippen molar-refractivity contribution < 1.29 is 9.94 Å². The molecule has 1 fully saturated rings. The van der Waals surface area contributed by atoms with Crippen molar-refractivity contribution in [2.24, 2.45) is 16.8 Å². The molecule has 1 aromatic heterocycles. The minimum atomic E-state index is -0.00819. The Bertz CT molecular complexity index is 486. The van der Waals surface area contributed by atoms with Crippen LogP contribution in [0.5, 0.6) is 0 Å². The second kappa shape index (κ2) is 6.51. The van der Waals surface area contributed by atoms with E-state index in [0.29, 0.717) is 17.6 Å². The maximum absolute atomic E-state index is 8.74. The zero-order chi connectivity index (χ0) is 14.5. The lowest BCUT2D eigenvalue weighted by molar-refractivity contribution is 0.0575. The first-order valence-corrected chi connectivity index (χ1v) is 6.72. The van der Waals surface area contributed by atoms with Crippen LogP contribution in [0.2, 0.25) is 0 Å². The highest BCUT2D eigenvalue weighted by Gasteiger charge is 2.18. The van der Waals surface area contributed by atoms with Gasteiger partial charge in [-0.3, -0.25) is 0 Å². The fourth-order valence-electron chi connectivity index (χ4n) is 2.33. The van der Waals surface area contributed by atoms with Gasteiger partial charge in [-0.25, -0.2) is 9.97 Å². The monoisotopic (exact) mass is 279 g/mol. The number of nitrogens with two attached hydrogens (primary N) is 1. The van der Waals surface area contributed by atoms with Crippen molar-refractivity contribution in [2.75, 3.05) is 31.7 Å². The van der Waals surface area contributed by atoms with Crippen LogP contribution in [0.25, 0.3) is 0 Å². The van der Waals surface area contributed by atoms with Gasteiger partial charge in [0, 0.05) is 25.9 Å². The van der Waals surface area contributed by atoms with Gasteiger partial charge in [0.2, 0.25) is 5.95 Å². The molecule has 2 heterocycles. The lowest BCUT2D eigenvalue weighted by Gasteiger charge is -2.27. The molecule has 1 aliphatic rings. The molecule has 1 atom stereocenters. The lowest BCUT2D eigenvalue weighted by Crippen LogP contribution is -2.32. The van der Waals surface area contributed by atoms with Gasteiger partial charge in [-0.05, 0) is 31.7 Å². The summed E-state index contributed by atoms with van der Waals surface area (Å²) in [5.41, 5.74) is 6.80. The standard InChI is InChI=1S/C13H21N5O2/c1-9-6-11(12(14)17-19)16-13(15-9)18(2)7-10-4-3-5-20-8-10/h6,10,19H,3-5,7-8H2,1-2H3,(H2,14,17). The van der Waals surface area contributed by atoms with Crippen molar-refractivity contribution in [1.29, 1.82) is 0 Å². The first-order chi connectivity index (χ1) is 9.60. The van der Waals surface area contributed by atoms with Crippen LogP contribution in [0.4, 0.5) is 5.95 Å². The van der Waals surface area contributed by atoms with Crippen molar-refractivity contribution in [2.45, 2.75) is 19.8 Å². The van der Waals surface area contributed by atoms with Crippen LogP contribution in [-0.2, 0) is 4.74 Å². The highest BCUT2D eigenvalue weighted by Crippen LogP contribution is 2.17. The minimum absolute atomic E-state index is 0.00819. The summed E-state index contributed by atoms with van der Waals surface area (Å²) in [5.74, 6) is 1.06. The molecule has 1 aliphatic heterocycles. The molecule has 1 aromatic rings. The van der Waals surface area contributed by atoms with Crippen molar-refractivity contribution in [3.63, 3.8) is 0 Å². The number of aryl methyl sites for hydroxylation is 1. The van der Waals surface area contributed by atoms with Gasteiger partial charge in [0.1, 0.15) is 5.69 Å². The number of hydrogen-bond acceptors (Lipinski definition) is 6. The highest BCUT2D eigenvalue weighted by atomic mass is 16.5. The Kier molecular flexibility index (Phi) is 4.73. The molecule has 0 aromatic carbocycles. The quantitative estimate of drug-likeness (QED) is 0.365. The first-order valence-electron chi connectivity index (χ1n) is 6.72. The van der Waals surface area contributed by atoms with Crippen LogP contribution in [0.3, 0.4) is 0 Å². The number of nitrogens with zero attached hydrogens (tertiary/aromatic N) is 4. The van der Waals surface area contributed by atoms with Gasteiger partial charge in [-0.1, -0.05) is 5.16 Å². The molecule has 0 saturated carbocycles. The number of rotatable bonds is 4. The summed E-state index contributed by atoms with van der Waals surface area (Å²) in [6.07, 6.45) is 2.26. The molecule has 0 radical (unpaired) electrons. The number of aromatic nitrogens is 2. The Balaban J connectivity index is 2.12. The van der Waals surface area contributed by atoms with Crippen LogP contribution in [0, 0.1) is 12.8 Å². The van der Waals surface area contributed by atoms with Crippen LogP contribution >= 0.6 is 0 Å². The number of amidine groups is 1. The number of oxime groups is 1. The Hall–Kier alpha value is -1.89. The van der Waals surface area contributed by atoms with E-state index >= 15 is 0 Å². The molecule has 2 rings (SSSR count). The average molecular weight is 279 g/mol. The molecule has 1 saturated heterocycles. The van der Waals surface area contributed by atoms with E-state index in [2.05, 4.69) is 15.1 Å². The normalized spacial score (nSPS) is 19.9. The van der Waals surface area contributed by atoms with E-state index in [4.69, 9.17) is 15.7 Å². The molecule has 0 bridgehead atoms. The first kappa shape index (κ1) is 14.5. The second-order valence-corrected chi connectivity index (χ2v) is 5.14. The van der Waals surface area contributed by atoms with E-state index in [1.54, 1.807) is 6.07 Å². The van der Waals surface area contributed by atoms with Crippen LogP contribution in [0.1, 0.15) is 24.2 Å². The van der Waals surface area contributed by atoms with Gasteiger partial charge in [0.15, 0.2) is 5.84 Å². The maximum atomic E-state index is 8.74. The highest BCUT2D eigenvalue weighted by molar-refractivity contribution is 5.95. The van der Waals surface area contributed by atoms with Gasteiger partial charge in [-0.2, -0.15) is 0 Å². The molecule has 0 spiro atoms. The Morgan fingerprint density at radius 2 is 2.40 bits per heavy atom. The topological polar surface area (TPSA) is 96.9 Å². The zero-order valence-corrected chi connectivity index (χ0v) is 11.9. The fraction of sp³-hybridized carbons (Fsp3) is 0.615. The van der Waals surface area contributed by atoms with E-state index in [-0.39, 0.29) is 5.84 Å². The Labute approximate surface area is 118 Å². The van der Waals surface area contributed by atoms with Crippen molar-refractivity contribution in [3.8, 4) is 0 Å². The molecule has 3 N–H and O–H groups in total. The average Bonchev–Trinajstić information content (AvgIpc) is 2.46. The van der Waals surface area contributed by atoms with E-state index in [1.165, 1.54) is 0 Å². The molecule has 110 valence electrons. The lowest BCUT2D eigenvalue weighted by atomic mass is 10.0. The number of ether oxygens (including phenoxy) is 1.